The van der Waals surface area contributed by atoms with Gasteiger partial charge in [-0.1, -0.05) is 32.0 Å². The minimum Gasteiger partial charge on any atom is -0.460 e. The Morgan fingerprint density at radius 2 is 1.76 bits per heavy atom. The minimum absolute atomic E-state index is 0.0232. The lowest BCUT2D eigenvalue weighted by Gasteiger charge is -2.24. The van der Waals surface area contributed by atoms with Crippen LogP contribution in [0.5, 0.6) is 0 Å². The first-order valence-electron chi connectivity index (χ1n) is 10.8. The number of benzene rings is 1. The van der Waals surface area contributed by atoms with E-state index in [-0.39, 0.29) is 12.3 Å². The number of esters is 1. The van der Waals surface area contributed by atoms with Gasteiger partial charge in [-0.05, 0) is 45.2 Å². The van der Waals surface area contributed by atoms with Gasteiger partial charge in [0.05, 0.1) is 23.8 Å². The smallest absolute Gasteiger partial charge is 0.308 e. The van der Waals surface area contributed by atoms with Gasteiger partial charge in [0.2, 0.25) is 17.7 Å². The number of nitrogens with one attached hydrogen (secondary N) is 2. The number of hydrogen-bond acceptors (Lipinski definition) is 6. The predicted octanol–water partition coefficient (Wildman–Crippen LogP) is 2.54. The van der Waals surface area contributed by atoms with Crippen LogP contribution in [0.1, 0.15) is 47.5 Å². The summed E-state index contributed by atoms with van der Waals surface area (Å²) < 4.78 is 5.31. The molecular formula is C24H32N4O5. The van der Waals surface area contributed by atoms with E-state index in [4.69, 9.17) is 10.5 Å². The number of fused-ring (bicyclic) bond motifs is 1. The molecule has 0 radical (unpaired) electrons. The quantitative estimate of drug-likeness (QED) is 0.391. The van der Waals surface area contributed by atoms with Crippen molar-refractivity contribution < 1.29 is 23.9 Å². The summed E-state index contributed by atoms with van der Waals surface area (Å²) >= 11 is 0. The van der Waals surface area contributed by atoms with Crippen LogP contribution in [0.2, 0.25) is 0 Å². The number of rotatable bonds is 9. The predicted molar refractivity (Wildman–Crippen MR) is 125 cm³/mol. The van der Waals surface area contributed by atoms with Crippen LogP contribution in [0.4, 0.5) is 5.69 Å². The number of aromatic nitrogens is 1. The number of hydrogen-bond donors (Lipinski definition) is 3. The largest absolute Gasteiger partial charge is 0.460 e. The Hall–Kier alpha value is -3.49. The zero-order chi connectivity index (χ0) is 24.8. The van der Waals surface area contributed by atoms with E-state index in [1.54, 1.807) is 26.8 Å². The van der Waals surface area contributed by atoms with Crippen molar-refractivity contribution in [1.82, 2.24) is 10.3 Å². The number of carbonyl (C=O) groups is 4. The summed E-state index contributed by atoms with van der Waals surface area (Å²) in [7, 11) is 0. The van der Waals surface area contributed by atoms with Crippen LogP contribution < -0.4 is 16.4 Å². The van der Waals surface area contributed by atoms with Gasteiger partial charge in [0, 0.05) is 5.39 Å². The topological polar surface area (TPSA) is 140 Å². The van der Waals surface area contributed by atoms with Crippen molar-refractivity contribution in [3.8, 4) is 0 Å². The molecule has 4 N–H and O–H groups in total. The monoisotopic (exact) mass is 456 g/mol. The molecule has 178 valence electrons. The molecule has 1 heterocycles. The summed E-state index contributed by atoms with van der Waals surface area (Å²) in [6.45, 7) is 8.79. The Labute approximate surface area is 193 Å². The molecule has 0 spiro atoms. The van der Waals surface area contributed by atoms with Gasteiger partial charge in [-0.3, -0.25) is 24.2 Å². The van der Waals surface area contributed by atoms with Gasteiger partial charge in [-0.25, -0.2) is 0 Å². The molecule has 2 atom stereocenters. The number of nitrogens with two attached hydrogens (primary N) is 1. The Morgan fingerprint density at radius 3 is 2.36 bits per heavy atom. The Morgan fingerprint density at radius 1 is 1.09 bits per heavy atom. The molecule has 33 heavy (non-hydrogen) atoms. The molecule has 9 heteroatoms. The lowest BCUT2D eigenvalue weighted by Crippen LogP contribution is -2.50. The van der Waals surface area contributed by atoms with Crippen molar-refractivity contribution in [2.75, 3.05) is 5.32 Å². The van der Waals surface area contributed by atoms with Gasteiger partial charge in [-0.15, -0.1) is 0 Å². The van der Waals surface area contributed by atoms with E-state index < -0.39 is 47.7 Å². The lowest BCUT2D eigenvalue weighted by molar-refractivity contribution is -0.156. The highest BCUT2D eigenvalue weighted by molar-refractivity contribution is 6.04. The minimum atomic E-state index is -1.27. The van der Waals surface area contributed by atoms with Crippen molar-refractivity contribution in [2.24, 2.45) is 17.6 Å². The van der Waals surface area contributed by atoms with E-state index in [9.17, 15) is 19.2 Å². The van der Waals surface area contributed by atoms with Crippen LogP contribution >= 0.6 is 0 Å². The molecule has 0 unspecified atom stereocenters. The van der Waals surface area contributed by atoms with Crippen molar-refractivity contribution in [3.63, 3.8) is 0 Å². The van der Waals surface area contributed by atoms with Gasteiger partial charge < -0.3 is 21.1 Å². The Bertz CT molecular complexity index is 1030. The number of nitrogens with zero attached hydrogens (tertiary/aromatic N) is 1. The van der Waals surface area contributed by atoms with Crippen LogP contribution in [0.15, 0.2) is 36.5 Å². The van der Waals surface area contributed by atoms with Crippen molar-refractivity contribution in [3.05, 3.63) is 36.5 Å². The third kappa shape index (κ3) is 8.17. The number of pyridine rings is 1. The normalized spacial score (nSPS) is 13.3. The van der Waals surface area contributed by atoms with Crippen molar-refractivity contribution in [2.45, 2.75) is 59.1 Å². The van der Waals surface area contributed by atoms with Crippen LogP contribution in [-0.2, 0) is 23.9 Å². The SMILES string of the molecule is CC(C)C[C@@H](C(N)=O)C(=O)N[C@@H](CC(=O)OC(C)(C)C)C(=O)Nc1cnc2ccccc2c1. The van der Waals surface area contributed by atoms with E-state index in [1.165, 1.54) is 6.20 Å². The summed E-state index contributed by atoms with van der Waals surface area (Å²) in [5.74, 6) is -3.91. The maximum absolute atomic E-state index is 13.0. The van der Waals surface area contributed by atoms with Gasteiger partial charge in [0.15, 0.2) is 0 Å². The van der Waals surface area contributed by atoms with E-state index >= 15 is 0 Å². The molecule has 0 saturated heterocycles. The number of para-hydroxylation sites is 1. The highest BCUT2D eigenvalue weighted by atomic mass is 16.6. The van der Waals surface area contributed by atoms with Crippen molar-refractivity contribution >= 4 is 40.3 Å². The maximum atomic E-state index is 13.0. The summed E-state index contributed by atoms with van der Waals surface area (Å²) in [5, 5.41) is 5.99. The highest BCUT2D eigenvalue weighted by Gasteiger charge is 2.32. The zero-order valence-corrected chi connectivity index (χ0v) is 19.7. The van der Waals surface area contributed by atoms with E-state index in [1.807, 2.05) is 38.1 Å². The number of primary amides is 1. The average Bonchev–Trinajstić information content (AvgIpc) is 2.69. The van der Waals surface area contributed by atoms with Crippen LogP contribution in [0, 0.1) is 11.8 Å². The molecule has 0 fully saturated rings. The molecule has 0 saturated carbocycles. The van der Waals surface area contributed by atoms with E-state index in [0.717, 1.165) is 10.9 Å². The lowest BCUT2D eigenvalue weighted by atomic mass is 9.95. The summed E-state index contributed by atoms with van der Waals surface area (Å²) in [4.78, 5) is 54.3. The molecular weight excluding hydrogens is 424 g/mol. The molecule has 2 aromatic rings. The summed E-state index contributed by atoms with van der Waals surface area (Å²) in [6.07, 6.45) is 1.29. The first kappa shape index (κ1) is 25.8. The molecule has 9 nitrogen and oxygen atoms in total. The fraction of sp³-hybridized carbons (Fsp3) is 0.458. The average molecular weight is 457 g/mol. The van der Waals surface area contributed by atoms with E-state index in [2.05, 4.69) is 15.6 Å². The first-order chi connectivity index (χ1) is 15.4. The van der Waals surface area contributed by atoms with E-state index in [0.29, 0.717) is 5.69 Å². The summed E-state index contributed by atoms with van der Waals surface area (Å²) in [6, 6.07) is 7.85. The molecule has 3 amide bonds. The molecule has 0 aliphatic heterocycles. The fourth-order valence-corrected chi connectivity index (χ4v) is 3.22. The third-order valence-electron chi connectivity index (χ3n) is 4.65. The molecule has 1 aromatic heterocycles. The number of carbonyl (C=O) groups excluding carboxylic acids is 4. The molecule has 2 rings (SSSR count). The Kier molecular flexibility index (Phi) is 8.50. The van der Waals surface area contributed by atoms with Gasteiger partial charge in [0.25, 0.3) is 0 Å². The second-order valence-electron chi connectivity index (χ2n) is 9.34. The molecule has 0 aliphatic carbocycles. The third-order valence-corrected chi connectivity index (χ3v) is 4.65. The molecule has 0 aliphatic rings. The van der Waals surface area contributed by atoms with Crippen LogP contribution in [0.25, 0.3) is 10.9 Å². The summed E-state index contributed by atoms with van der Waals surface area (Å²) in [5.41, 5.74) is 5.79. The van der Waals surface area contributed by atoms with Crippen LogP contribution in [0.3, 0.4) is 0 Å². The molecule has 0 bridgehead atoms. The van der Waals surface area contributed by atoms with Gasteiger partial charge in [-0.2, -0.15) is 0 Å². The number of amides is 3. The van der Waals surface area contributed by atoms with Crippen LogP contribution in [-0.4, -0.2) is 40.3 Å². The molecule has 1 aromatic carbocycles. The zero-order valence-electron chi connectivity index (χ0n) is 19.7. The van der Waals surface area contributed by atoms with Gasteiger partial charge in [0.1, 0.15) is 17.6 Å². The first-order valence-corrected chi connectivity index (χ1v) is 10.8. The fourth-order valence-electron chi connectivity index (χ4n) is 3.22. The Balaban J connectivity index is 2.23. The number of anilines is 1. The highest BCUT2D eigenvalue weighted by Crippen LogP contribution is 2.18. The second-order valence-corrected chi connectivity index (χ2v) is 9.34. The standard InChI is InChI=1S/C24H32N4O5/c1-14(2)10-17(21(25)30)22(31)28-19(12-20(29)33-24(3,4)5)23(32)27-16-11-15-8-6-7-9-18(15)26-13-16/h6-9,11,13-14,17,19H,10,12H2,1-5H3,(H2,25,30)(H,27,32)(H,28,31)/t17-,19-/m0/s1. The number of ether oxygens (including phenoxy) is 1. The second kappa shape index (κ2) is 10.9. The van der Waals surface area contributed by atoms with Crippen molar-refractivity contribution in [1.29, 1.82) is 0 Å². The van der Waals surface area contributed by atoms with Gasteiger partial charge >= 0.3 is 5.97 Å². The maximum Gasteiger partial charge on any atom is 0.308 e.